The van der Waals surface area contributed by atoms with E-state index in [0.717, 1.165) is 32.1 Å². The maximum atomic E-state index is 13.6. The number of nitrogens with zero attached hydrogens (tertiary/aromatic N) is 2. The van der Waals surface area contributed by atoms with Crippen molar-refractivity contribution in [1.29, 1.82) is 0 Å². The summed E-state index contributed by atoms with van der Waals surface area (Å²) in [7, 11) is -8.39. The van der Waals surface area contributed by atoms with E-state index in [2.05, 4.69) is 0 Å². The Hall–Kier alpha value is -1.13. The van der Waals surface area contributed by atoms with Crippen molar-refractivity contribution in [3.63, 3.8) is 0 Å². The molecule has 4 rings (SSSR count). The van der Waals surface area contributed by atoms with Crippen LogP contribution in [0.15, 0.2) is 58.3 Å². The molecule has 0 bridgehead atoms. The first-order chi connectivity index (χ1) is 14.5. The first-order valence-corrected chi connectivity index (χ1v) is 15.6. The molecule has 0 aromatic heterocycles. The van der Waals surface area contributed by atoms with Gasteiger partial charge in [0.05, 0.1) is 21.9 Å². The van der Waals surface area contributed by atoms with Crippen LogP contribution in [0.4, 0.5) is 0 Å². The Morgan fingerprint density at radius 1 is 0.774 bits per heavy atom. The van der Waals surface area contributed by atoms with Crippen LogP contribution < -0.4 is 0 Å². The molecular weight excluding hydrogens is 475 g/mol. The molecule has 1 saturated heterocycles. The molecule has 2 aliphatic rings. The molecule has 7 nitrogen and oxygen atoms in total. The van der Waals surface area contributed by atoms with Crippen LogP contribution >= 0.6 is 6.57 Å². The smallest absolute Gasteiger partial charge is 0.250 e. The Labute approximate surface area is 189 Å². The number of benzene rings is 2. The van der Waals surface area contributed by atoms with E-state index < -0.39 is 38.7 Å². The summed E-state index contributed by atoms with van der Waals surface area (Å²) >= 11 is 5.47. The minimum Gasteiger partial charge on any atom is -0.341 e. The molecule has 2 aromatic carbocycles. The summed E-state index contributed by atoms with van der Waals surface area (Å²) in [5, 5.41) is 0. The predicted octanol–water partition coefficient (Wildman–Crippen LogP) is 3.53. The molecule has 1 aliphatic carbocycles. The second kappa shape index (κ2) is 8.02. The fourth-order valence-electron chi connectivity index (χ4n) is 4.35. The lowest BCUT2D eigenvalue weighted by Gasteiger charge is -2.30. The molecule has 2 aromatic rings. The third kappa shape index (κ3) is 3.82. The first-order valence-electron chi connectivity index (χ1n) is 10.0. The quantitative estimate of drug-likeness (QED) is 0.646. The minimum atomic E-state index is -4.19. The SMILES string of the molecule is Cc1ccc(S(=O)(=O)N2C3CCCCC3N(S(=O)(=O)c3ccc(C)cc3)P2(O)=S)cc1. The Balaban J connectivity index is 1.86. The monoisotopic (exact) mass is 500 g/mol. The minimum absolute atomic E-state index is 0.000261. The van der Waals surface area contributed by atoms with Crippen molar-refractivity contribution in [2.75, 3.05) is 0 Å². The van der Waals surface area contributed by atoms with Gasteiger partial charge in [0.2, 0.25) is 26.6 Å². The van der Waals surface area contributed by atoms with Crippen LogP contribution in [0.1, 0.15) is 36.8 Å². The highest BCUT2D eigenvalue weighted by molar-refractivity contribution is 8.18. The Kier molecular flexibility index (Phi) is 5.96. The van der Waals surface area contributed by atoms with E-state index in [1.807, 2.05) is 13.8 Å². The Morgan fingerprint density at radius 2 is 1.10 bits per heavy atom. The number of hydrogen-bond donors (Lipinski definition) is 1. The standard InChI is InChI=1S/C20H25N2O5PS3/c1-15-7-11-17(12-8-15)30(24,25)21-19-5-3-4-6-20(19)22(28(21,23)29)31(26,27)18-13-9-16(2)10-14-18/h7-14,19-20H,3-6H2,1-2H3,(H,23,29). The molecule has 1 aliphatic heterocycles. The lowest BCUT2D eigenvalue weighted by Crippen LogP contribution is -2.43. The van der Waals surface area contributed by atoms with Gasteiger partial charge in [-0.25, -0.2) is 16.8 Å². The van der Waals surface area contributed by atoms with Crippen molar-refractivity contribution in [3.8, 4) is 0 Å². The highest BCUT2D eigenvalue weighted by Crippen LogP contribution is 2.65. The number of sulfonamides is 2. The second-order valence-electron chi connectivity index (χ2n) is 8.11. The number of aryl methyl sites for hydroxylation is 2. The van der Waals surface area contributed by atoms with Crippen molar-refractivity contribution in [1.82, 2.24) is 8.15 Å². The van der Waals surface area contributed by atoms with Crippen LogP contribution in [-0.4, -0.2) is 42.0 Å². The zero-order valence-corrected chi connectivity index (χ0v) is 20.6. The highest BCUT2D eigenvalue weighted by Gasteiger charge is 2.61. The van der Waals surface area contributed by atoms with Crippen LogP contribution in [-0.2, 0) is 31.9 Å². The third-order valence-corrected chi connectivity index (χ3v) is 15.1. The van der Waals surface area contributed by atoms with Gasteiger partial charge in [0.1, 0.15) is 0 Å². The van der Waals surface area contributed by atoms with Gasteiger partial charge in [0.15, 0.2) is 0 Å². The fourth-order valence-corrected chi connectivity index (χ4v) is 14.2. The lowest BCUT2D eigenvalue weighted by molar-refractivity contribution is 0.278. The summed E-state index contributed by atoms with van der Waals surface area (Å²) in [6, 6.07) is 11.2. The third-order valence-electron chi connectivity index (χ3n) is 5.91. The predicted molar refractivity (Wildman–Crippen MR) is 123 cm³/mol. The molecule has 2 atom stereocenters. The van der Waals surface area contributed by atoms with Crippen molar-refractivity contribution in [3.05, 3.63) is 59.7 Å². The van der Waals surface area contributed by atoms with Gasteiger partial charge in [-0.3, -0.25) is 0 Å². The summed E-state index contributed by atoms with van der Waals surface area (Å²) in [6.07, 6.45) is 2.40. The van der Waals surface area contributed by atoms with E-state index in [1.165, 1.54) is 24.3 Å². The maximum Gasteiger partial charge on any atom is 0.250 e. The van der Waals surface area contributed by atoms with Crippen molar-refractivity contribution in [2.45, 2.75) is 61.4 Å². The van der Waals surface area contributed by atoms with Gasteiger partial charge in [-0.15, -0.1) is 8.15 Å². The van der Waals surface area contributed by atoms with Crippen LogP contribution in [0.5, 0.6) is 0 Å². The van der Waals surface area contributed by atoms with Gasteiger partial charge in [0.25, 0.3) is 0 Å². The largest absolute Gasteiger partial charge is 0.341 e. The van der Waals surface area contributed by atoms with E-state index in [4.69, 9.17) is 11.8 Å². The van der Waals surface area contributed by atoms with Gasteiger partial charge in [-0.1, -0.05) is 48.2 Å². The molecule has 31 heavy (non-hydrogen) atoms. The summed E-state index contributed by atoms with van der Waals surface area (Å²) in [6.45, 7) is -0.456. The molecule has 168 valence electrons. The number of fused-ring (bicyclic) bond motifs is 1. The van der Waals surface area contributed by atoms with Crippen molar-refractivity contribution < 1.29 is 21.7 Å². The summed E-state index contributed by atoms with van der Waals surface area (Å²) < 4.78 is 56.2. The fraction of sp³-hybridized carbons (Fsp3) is 0.400. The average molecular weight is 501 g/mol. The van der Waals surface area contributed by atoms with E-state index in [1.54, 1.807) is 24.3 Å². The molecule has 1 heterocycles. The summed E-state index contributed by atoms with van der Waals surface area (Å²) in [5.74, 6) is 0. The highest BCUT2D eigenvalue weighted by atomic mass is 32.5. The molecule has 2 fully saturated rings. The van der Waals surface area contributed by atoms with Crippen LogP contribution in [0.2, 0.25) is 0 Å². The van der Waals surface area contributed by atoms with Gasteiger partial charge >= 0.3 is 0 Å². The van der Waals surface area contributed by atoms with E-state index >= 15 is 0 Å². The van der Waals surface area contributed by atoms with Crippen LogP contribution in [0.3, 0.4) is 0 Å². The van der Waals surface area contributed by atoms with E-state index in [-0.39, 0.29) is 9.79 Å². The van der Waals surface area contributed by atoms with Crippen LogP contribution in [0.25, 0.3) is 0 Å². The molecule has 0 radical (unpaired) electrons. The Bertz CT molecular complexity index is 1150. The molecule has 0 spiro atoms. The van der Waals surface area contributed by atoms with Crippen molar-refractivity contribution in [2.24, 2.45) is 0 Å². The topological polar surface area (TPSA) is 95.0 Å². The molecule has 0 amide bonds. The average Bonchev–Trinajstić information content (AvgIpc) is 2.95. The second-order valence-corrected chi connectivity index (χ2v) is 15.6. The molecule has 11 heteroatoms. The zero-order valence-electron chi connectivity index (χ0n) is 17.2. The van der Waals surface area contributed by atoms with Gasteiger partial charge in [-0.2, -0.15) is 0 Å². The lowest BCUT2D eigenvalue weighted by atomic mass is 9.92. The summed E-state index contributed by atoms with van der Waals surface area (Å²) in [4.78, 5) is 11.5. The van der Waals surface area contributed by atoms with Gasteiger partial charge in [-0.05, 0) is 62.8 Å². The molecule has 1 saturated carbocycles. The number of hydrogen-bond acceptors (Lipinski definition) is 5. The molecular formula is C20H25N2O5PS3. The first kappa shape index (κ1) is 23.0. The van der Waals surface area contributed by atoms with E-state index in [0.29, 0.717) is 12.8 Å². The Morgan fingerprint density at radius 3 is 1.42 bits per heavy atom. The maximum absolute atomic E-state index is 13.6. The van der Waals surface area contributed by atoms with Crippen LogP contribution in [0, 0.1) is 13.8 Å². The van der Waals surface area contributed by atoms with Gasteiger partial charge < -0.3 is 4.89 Å². The van der Waals surface area contributed by atoms with Crippen molar-refractivity contribution >= 4 is 38.4 Å². The molecule has 2 unspecified atom stereocenters. The zero-order chi connectivity index (χ0) is 22.6. The summed E-state index contributed by atoms with van der Waals surface area (Å²) in [5.41, 5.74) is 1.78. The number of rotatable bonds is 4. The van der Waals surface area contributed by atoms with Gasteiger partial charge in [0, 0.05) is 0 Å². The molecule has 1 N–H and O–H groups in total. The van der Waals surface area contributed by atoms with E-state index in [9.17, 15) is 21.7 Å². The normalized spacial score (nSPS) is 27.8.